The molecule has 3 rings (SSSR count). The van der Waals surface area contributed by atoms with E-state index < -0.39 is 0 Å². The van der Waals surface area contributed by atoms with E-state index in [-0.39, 0.29) is 6.03 Å². The zero-order valence-electron chi connectivity index (χ0n) is 14.3. The maximum atomic E-state index is 12.2. The summed E-state index contributed by atoms with van der Waals surface area (Å²) in [5, 5.41) is 6.51. The number of anilines is 1. The maximum Gasteiger partial charge on any atom is 0.319 e. The van der Waals surface area contributed by atoms with Crippen molar-refractivity contribution >= 4 is 34.9 Å². The normalized spacial score (nSPS) is 14.8. The van der Waals surface area contributed by atoms with Crippen LogP contribution in [0.25, 0.3) is 0 Å². The Morgan fingerprint density at radius 1 is 1.04 bits per heavy atom. The first-order chi connectivity index (χ1) is 12.6. The molecule has 7 heteroatoms. The molecule has 0 saturated carbocycles. The van der Waals surface area contributed by atoms with E-state index in [9.17, 15) is 4.79 Å². The molecule has 0 aliphatic carbocycles. The largest absolute Gasteiger partial charge is 0.379 e. The molecule has 1 saturated heterocycles. The van der Waals surface area contributed by atoms with Crippen LogP contribution in [0.1, 0.15) is 11.1 Å². The van der Waals surface area contributed by atoms with E-state index in [0.29, 0.717) is 22.3 Å². The first-order valence-electron chi connectivity index (χ1n) is 8.48. The molecule has 1 aliphatic heterocycles. The average Bonchev–Trinajstić information content (AvgIpc) is 2.65. The minimum Gasteiger partial charge on any atom is -0.379 e. The van der Waals surface area contributed by atoms with Crippen LogP contribution < -0.4 is 10.6 Å². The topological polar surface area (TPSA) is 53.6 Å². The SMILES string of the molecule is O=C(NCc1ccccc1CN1CCOCC1)Nc1ccc(Cl)c(Cl)c1. The van der Waals surface area contributed by atoms with Crippen LogP contribution in [-0.2, 0) is 17.8 Å². The van der Waals surface area contributed by atoms with Gasteiger partial charge in [0.15, 0.2) is 0 Å². The standard InChI is InChI=1S/C19H21Cl2N3O2/c20-17-6-5-16(11-18(17)21)23-19(25)22-12-14-3-1-2-4-15(14)13-24-7-9-26-10-8-24/h1-6,11H,7-10,12-13H2,(H2,22,23,25). The molecular weight excluding hydrogens is 373 g/mol. The Morgan fingerprint density at radius 2 is 1.77 bits per heavy atom. The summed E-state index contributed by atoms with van der Waals surface area (Å²) in [6.07, 6.45) is 0. The monoisotopic (exact) mass is 393 g/mol. The van der Waals surface area contributed by atoms with Crippen molar-refractivity contribution in [2.45, 2.75) is 13.1 Å². The van der Waals surface area contributed by atoms with Gasteiger partial charge in [0.2, 0.25) is 0 Å². The minimum absolute atomic E-state index is 0.287. The summed E-state index contributed by atoms with van der Waals surface area (Å²) in [6, 6.07) is 12.8. The van der Waals surface area contributed by atoms with Crippen LogP contribution in [0, 0.1) is 0 Å². The zero-order valence-corrected chi connectivity index (χ0v) is 15.8. The van der Waals surface area contributed by atoms with Gasteiger partial charge in [0, 0.05) is 31.9 Å². The van der Waals surface area contributed by atoms with Gasteiger partial charge in [-0.25, -0.2) is 4.79 Å². The zero-order chi connectivity index (χ0) is 18.4. The number of rotatable bonds is 5. The number of benzene rings is 2. The van der Waals surface area contributed by atoms with Gasteiger partial charge < -0.3 is 15.4 Å². The molecule has 2 aromatic carbocycles. The molecule has 0 unspecified atom stereocenters. The molecule has 0 spiro atoms. The molecule has 2 N–H and O–H groups in total. The molecule has 26 heavy (non-hydrogen) atoms. The molecule has 5 nitrogen and oxygen atoms in total. The van der Waals surface area contributed by atoms with Gasteiger partial charge >= 0.3 is 6.03 Å². The van der Waals surface area contributed by atoms with Crippen molar-refractivity contribution in [2.75, 3.05) is 31.6 Å². The lowest BCUT2D eigenvalue weighted by Crippen LogP contribution is -2.36. The Labute approximate surface area is 163 Å². The third-order valence-electron chi connectivity index (χ3n) is 4.23. The quantitative estimate of drug-likeness (QED) is 0.801. The predicted octanol–water partition coefficient (Wildman–Crippen LogP) is 4.15. The van der Waals surface area contributed by atoms with Crippen LogP contribution in [0.5, 0.6) is 0 Å². The van der Waals surface area contributed by atoms with Crippen LogP contribution in [0.4, 0.5) is 10.5 Å². The fourth-order valence-corrected chi connectivity index (χ4v) is 3.11. The second kappa shape index (κ2) is 9.24. The lowest BCUT2D eigenvalue weighted by atomic mass is 10.1. The maximum absolute atomic E-state index is 12.2. The van der Waals surface area contributed by atoms with E-state index in [1.807, 2.05) is 18.2 Å². The van der Waals surface area contributed by atoms with Crippen LogP contribution in [-0.4, -0.2) is 37.2 Å². The summed E-state index contributed by atoms with van der Waals surface area (Å²) in [6.45, 7) is 4.71. The Balaban J connectivity index is 1.56. The molecule has 138 valence electrons. The van der Waals surface area contributed by atoms with Gasteiger partial charge in [0.05, 0.1) is 23.3 Å². The van der Waals surface area contributed by atoms with Gasteiger partial charge in [0.1, 0.15) is 0 Å². The number of nitrogens with zero attached hydrogens (tertiary/aromatic N) is 1. The number of ether oxygens (including phenoxy) is 1. The Bertz CT molecular complexity index is 764. The Morgan fingerprint density at radius 3 is 2.50 bits per heavy atom. The van der Waals surface area contributed by atoms with Crippen molar-refractivity contribution in [3.63, 3.8) is 0 Å². The van der Waals surface area contributed by atoms with E-state index in [2.05, 4.69) is 21.6 Å². The summed E-state index contributed by atoms with van der Waals surface area (Å²) < 4.78 is 5.39. The van der Waals surface area contributed by atoms with E-state index in [4.69, 9.17) is 27.9 Å². The fraction of sp³-hybridized carbons (Fsp3) is 0.316. The number of amides is 2. The number of carbonyl (C=O) groups excluding carboxylic acids is 1. The highest BCUT2D eigenvalue weighted by Crippen LogP contribution is 2.24. The molecule has 0 radical (unpaired) electrons. The molecule has 1 heterocycles. The number of hydrogen-bond acceptors (Lipinski definition) is 3. The number of nitrogens with one attached hydrogen (secondary N) is 2. The summed E-state index contributed by atoms with van der Waals surface area (Å²) >= 11 is 11.9. The van der Waals surface area contributed by atoms with Crippen LogP contribution in [0.2, 0.25) is 10.0 Å². The highest BCUT2D eigenvalue weighted by atomic mass is 35.5. The van der Waals surface area contributed by atoms with Crippen molar-refractivity contribution in [3.8, 4) is 0 Å². The minimum atomic E-state index is -0.287. The van der Waals surface area contributed by atoms with Crippen molar-refractivity contribution in [2.24, 2.45) is 0 Å². The molecule has 2 amide bonds. The van der Waals surface area contributed by atoms with Gasteiger partial charge in [-0.15, -0.1) is 0 Å². The average molecular weight is 394 g/mol. The van der Waals surface area contributed by atoms with E-state index in [1.54, 1.807) is 18.2 Å². The molecule has 1 fully saturated rings. The molecule has 0 atom stereocenters. The van der Waals surface area contributed by atoms with Crippen molar-refractivity contribution in [3.05, 3.63) is 63.6 Å². The summed E-state index contributed by atoms with van der Waals surface area (Å²) in [7, 11) is 0. The summed E-state index contributed by atoms with van der Waals surface area (Å²) in [5.74, 6) is 0. The van der Waals surface area contributed by atoms with Crippen LogP contribution in [0.15, 0.2) is 42.5 Å². The fourth-order valence-electron chi connectivity index (χ4n) is 2.81. The smallest absolute Gasteiger partial charge is 0.319 e. The van der Waals surface area contributed by atoms with E-state index in [1.165, 1.54) is 5.56 Å². The first kappa shape index (κ1) is 19.0. The van der Waals surface area contributed by atoms with Gasteiger partial charge in [-0.1, -0.05) is 47.5 Å². The number of morpholine rings is 1. The third kappa shape index (κ3) is 5.35. The van der Waals surface area contributed by atoms with Gasteiger partial charge in [-0.05, 0) is 29.3 Å². The van der Waals surface area contributed by atoms with Crippen molar-refractivity contribution in [1.29, 1.82) is 0 Å². The lowest BCUT2D eigenvalue weighted by molar-refractivity contribution is 0.0341. The van der Waals surface area contributed by atoms with Gasteiger partial charge in [-0.2, -0.15) is 0 Å². The second-order valence-corrected chi connectivity index (χ2v) is 6.91. The number of hydrogen-bond donors (Lipinski definition) is 2. The van der Waals surface area contributed by atoms with Crippen LogP contribution in [0.3, 0.4) is 0 Å². The van der Waals surface area contributed by atoms with E-state index >= 15 is 0 Å². The summed E-state index contributed by atoms with van der Waals surface area (Å²) in [5.41, 5.74) is 2.91. The van der Waals surface area contributed by atoms with E-state index in [0.717, 1.165) is 38.4 Å². The third-order valence-corrected chi connectivity index (χ3v) is 4.97. The number of halogens is 2. The Hall–Kier alpha value is -1.79. The highest BCUT2D eigenvalue weighted by Gasteiger charge is 2.13. The highest BCUT2D eigenvalue weighted by molar-refractivity contribution is 6.42. The summed E-state index contributed by atoms with van der Waals surface area (Å²) in [4.78, 5) is 14.5. The number of carbonyl (C=O) groups is 1. The molecular formula is C19H21Cl2N3O2. The molecule has 2 aromatic rings. The van der Waals surface area contributed by atoms with Crippen molar-refractivity contribution in [1.82, 2.24) is 10.2 Å². The number of urea groups is 1. The molecule has 0 bridgehead atoms. The molecule has 0 aromatic heterocycles. The predicted molar refractivity (Wildman–Crippen MR) is 105 cm³/mol. The first-order valence-corrected chi connectivity index (χ1v) is 9.24. The van der Waals surface area contributed by atoms with Crippen LogP contribution >= 0.6 is 23.2 Å². The lowest BCUT2D eigenvalue weighted by Gasteiger charge is -2.27. The second-order valence-electron chi connectivity index (χ2n) is 6.09. The van der Waals surface area contributed by atoms with Crippen molar-refractivity contribution < 1.29 is 9.53 Å². The van der Waals surface area contributed by atoms with Gasteiger partial charge in [0.25, 0.3) is 0 Å². The molecule has 1 aliphatic rings. The van der Waals surface area contributed by atoms with Gasteiger partial charge in [-0.3, -0.25) is 4.90 Å². The Kier molecular flexibility index (Phi) is 6.74.